The van der Waals surface area contributed by atoms with Gasteiger partial charge in [0.05, 0.1) is 41.5 Å². The van der Waals surface area contributed by atoms with Crippen molar-refractivity contribution in [2.75, 3.05) is 19.5 Å². The number of fused-ring (bicyclic) bond motifs is 1. The van der Waals surface area contributed by atoms with Crippen LogP contribution in [0.3, 0.4) is 0 Å². The molecule has 0 saturated carbocycles. The number of methoxy groups -OCH3 is 2. The van der Waals surface area contributed by atoms with Gasteiger partial charge in [-0.1, -0.05) is 41.4 Å². The Morgan fingerprint density at radius 1 is 1.00 bits per heavy atom. The summed E-state index contributed by atoms with van der Waals surface area (Å²) in [6.45, 7) is 3.50. The molecule has 1 amide bonds. The monoisotopic (exact) mass is 493 g/mol. The van der Waals surface area contributed by atoms with Crippen molar-refractivity contribution >= 4 is 40.2 Å². The zero-order chi connectivity index (χ0) is 25.1. The number of ether oxygens (including phenoxy) is 3. The molecule has 0 aliphatic heterocycles. The Kier molecular flexibility index (Phi) is 6.93. The fourth-order valence-corrected chi connectivity index (χ4v) is 3.70. The Balaban J connectivity index is 1.47. The number of hydrogen-bond donors (Lipinski definition) is 2. The summed E-state index contributed by atoms with van der Waals surface area (Å²) in [6, 6.07) is 16.0. The molecule has 1 aromatic heterocycles. The summed E-state index contributed by atoms with van der Waals surface area (Å²) in [5, 5.41) is 2.97. The normalized spacial score (nSPS) is 11.7. The van der Waals surface area contributed by atoms with Gasteiger partial charge in [-0.2, -0.15) is 0 Å². The molecule has 1 unspecified atom stereocenters. The topological polar surface area (TPSA) is 103 Å². The second kappa shape index (κ2) is 10.1. The molecule has 35 heavy (non-hydrogen) atoms. The first-order valence-electron chi connectivity index (χ1n) is 10.8. The fourth-order valence-electron chi connectivity index (χ4n) is 3.46. The number of halogens is 1. The van der Waals surface area contributed by atoms with Gasteiger partial charge in [0.1, 0.15) is 17.3 Å². The van der Waals surface area contributed by atoms with Crippen LogP contribution in [0.1, 0.15) is 22.8 Å². The van der Waals surface area contributed by atoms with E-state index in [1.165, 1.54) is 27.2 Å². The maximum atomic E-state index is 12.7. The Labute approximate surface area is 207 Å². The predicted molar refractivity (Wildman–Crippen MR) is 134 cm³/mol. The lowest BCUT2D eigenvalue weighted by Crippen LogP contribution is -2.30. The van der Waals surface area contributed by atoms with Crippen LogP contribution < -0.4 is 14.8 Å². The van der Waals surface area contributed by atoms with E-state index in [1.54, 1.807) is 24.3 Å². The number of nitrogens with one attached hydrogen (secondary N) is 2. The maximum Gasteiger partial charge on any atom is 0.338 e. The van der Waals surface area contributed by atoms with E-state index in [0.29, 0.717) is 44.6 Å². The number of rotatable bonds is 7. The molecule has 1 atom stereocenters. The standard InChI is InChI=1S/C26H24ClN3O5/c1-14-5-7-16(8-6-14)24-28-19-10-9-17(11-20(19)29-24)26(32)35-15(2)25(31)30-21-12-18(27)22(33-3)13-23(21)34-4/h5-13,15H,1-4H3,(H,28,29)(H,30,31). The Morgan fingerprint density at radius 3 is 2.40 bits per heavy atom. The quantitative estimate of drug-likeness (QED) is 0.334. The van der Waals surface area contributed by atoms with E-state index in [9.17, 15) is 9.59 Å². The summed E-state index contributed by atoms with van der Waals surface area (Å²) in [6.07, 6.45) is -1.08. The molecule has 1 heterocycles. The first kappa shape index (κ1) is 24.1. The second-order valence-electron chi connectivity index (χ2n) is 7.91. The molecule has 0 aliphatic rings. The molecule has 0 saturated heterocycles. The molecule has 0 radical (unpaired) electrons. The summed E-state index contributed by atoms with van der Waals surface area (Å²) in [5.41, 5.74) is 4.11. The highest BCUT2D eigenvalue weighted by molar-refractivity contribution is 6.32. The molecule has 8 nitrogen and oxygen atoms in total. The third-order valence-electron chi connectivity index (χ3n) is 5.43. The average Bonchev–Trinajstić information content (AvgIpc) is 3.28. The Bertz CT molecular complexity index is 1400. The van der Waals surface area contributed by atoms with Crippen LogP contribution in [-0.4, -0.2) is 42.2 Å². The molecule has 9 heteroatoms. The minimum Gasteiger partial charge on any atom is -0.495 e. The van der Waals surface area contributed by atoms with E-state index in [2.05, 4.69) is 15.3 Å². The van der Waals surface area contributed by atoms with Crippen LogP contribution in [-0.2, 0) is 9.53 Å². The second-order valence-corrected chi connectivity index (χ2v) is 8.31. The van der Waals surface area contributed by atoms with Crippen LogP contribution in [0.4, 0.5) is 5.69 Å². The van der Waals surface area contributed by atoms with Gasteiger partial charge in [-0.3, -0.25) is 4.79 Å². The molecule has 0 spiro atoms. The molecule has 0 aliphatic carbocycles. The highest BCUT2D eigenvalue weighted by Gasteiger charge is 2.22. The van der Waals surface area contributed by atoms with Gasteiger partial charge in [-0.25, -0.2) is 9.78 Å². The minimum absolute atomic E-state index is 0.293. The van der Waals surface area contributed by atoms with Gasteiger partial charge >= 0.3 is 5.97 Å². The molecule has 0 bridgehead atoms. The first-order valence-corrected chi connectivity index (χ1v) is 11.2. The average molecular weight is 494 g/mol. The van der Waals surface area contributed by atoms with E-state index in [0.717, 1.165) is 11.1 Å². The van der Waals surface area contributed by atoms with Crippen LogP contribution in [0.2, 0.25) is 5.02 Å². The molecule has 4 aromatic rings. The van der Waals surface area contributed by atoms with Crippen molar-refractivity contribution in [1.29, 1.82) is 0 Å². The van der Waals surface area contributed by atoms with E-state index >= 15 is 0 Å². The van der Waals surface area contributed by atoms with E-state index < -0.39 is 18.0 Å². The van der Waals surface area contributed by atoms with E-state index in [4.69, 9.17) is 25.8 Å². The van der Waals surface area contributed by atoms with Crippen molar-refractivity contribution in [1.82, 2.24) is 9.97 Å². The van der Waals surface area contributed by atoms with Crippen molar-refractivity contribution in [3.63, 3.8) is 0 Å². The van der Waals surface area contributed by atoms with Gasteiger partial charge in [-0.05, 0) is 38.1 Å². The van der Waals surface area contributed by atoms with Crippen LogP contribution in [0, 0.1) is 6.92 Å². The maximum absolute atomic E-state index is 12.7. The number of carbonyl (C=O) groups excluding carboxylic acids is 2. The number of aromatic nitrogens is 2. The van der Waals surface area contributed by atoms with Crippen molar-refractivity contribution in [2.45, 2.75) is 20.0 Å². The van der Waals surface area contributed by atoms with Gasteiger partial charge in [0, 0.05) is 11.6 Å². The zero-order valence-corrected chi connectivity index (χ0v) is 20.4. The first-order chi connectivity index (χ1) is 16.8. The molecule has 180 valence electrons. The van der Waals surface area contributed by atoms with Crippen LogP contribution in [0.15, 0.2) is 54.6 Å². The number of nitrogens with zero attached hydrogens (tertiary/aromatic N) is 1. The number of H-pyrrole nitrogens is 1. The van der Waals surface area contributed by atoms with Crippen LogP contribution in [0.25, 0.3) is 22.4 Å². The highest BCUT2D eigenvalue weighted by atomic mass is 35.5. The Hall–Kier alpha value is -4.04. The third kappa shape index (κ3) is 5.22. The lowest BCUT2D eigenvalue weighted by atomic mass is 10.1. The molecule has 4 rings (SSSR count). The van der Waals surface area contributed by atoms with Crippen molar-refractivity contribution < 1.29 is 23.8 Å². The lowest BCUT2D eigenvalue weighted by Gasteiger charge is -2.16. The number of aromatic amines is 1. The molecular formula is C26H24ClN3O5. The van der Waals surface area contributed by atoms with Gasteiger partial charge in [0.15, 0.2) is 6.10 Å². The fraction of sp³-hybridized carbons (Fsp3) is 0.192. The summed E-state index contributed by atoms with van der Waals surface area (Å²) >= 11 is 6.16. The number of hydrogen-bond acceptors (Lipinski definition) is 6. The van der Waals surface area contributed by atoms with Crippen molar-refractivity contribution in [3.8, 4) is 22.9 Å². The number of aryl methyl sites for hydroxylation is 1. The van der Waals surface area contributed by atoms with Gasteiger partial charge < -0.3 is 24.5 Å². The summed E-state index contributed by atoms with van der Waals surface area (Å²) < 4.78 is 15.8. The lowest BCUT2D eigenvalue weighted by molar-refractivity contribution is -0.123. The molecule has 2 N–H and O–H groups in total. The summed E-state index contributed by atoms with van der Waals surface area (Å²) in [7, 11) is 2.93. The number of anilines is 1. The van der Waals surface area contributed by atoms with Crippen molar-refractivity contribution in [2.24, 2.45) is 0 Å². The smallest absolute Gasteiger partial charge is 0.338 e. The van der Waals surface area contributed by atoms with Crippen LogP contribution >= 0.6 is 11.6 Å². The van der Waals surface area contributed by atoms with Gasteiger partial charge in [0.25, 0.3) is 5.91 Å². The number of imidazole rings is 1. The Morgan fingerprint density at radius 2 is 1.71 bits per heavy atom. The summed E-state index contributed by atoms with van der Waals surface area (Å²) in [5.74, 6) is 0.279. The van der Waals surface area contributed by atoms with E-state index in [-0.39, 0.29) is 0 Å². The predicted octanol–water partition coefficient (Wildman–Crippen LogP) is 5.39. The molecule has 0 fully saturated rings. The third-order valence-corrected chi connectivity index (χ3v) is 5.72. The number of esters is 1. The molecular weight excluding hydrogens is 470 g/mol. The number of benzene rings is 3. The van der Waals surface area contributed by atoms with Gasteiger partial charge in [-0.15, -0.1) is 0 Å². The summed E-state index contributed by atoms with van der Waals surface area (Å²) in [4.78, 5) is 33.2. The highest BCUT2D eigenvalue weighted by Crippen LogP contribution is 2.36. The number of carbonyl (C=O) groups is 2. The SMILES string of the molecule is COc1cc(OC)c(NC(=O)C(C)OC(=O)c2ccc3nc(-c4ccc(C)cc4)[nH]c3c2)cc1Cl. The molecule has 3 aromatic carbocycles. The minimum atomic E-state index is -1.08. The van der Waals surface area contributed by atoms with Gasteiger partial charge in [0.2, 0.25) is 0 Å². The van der Waals surface area contributed by atoms with Crippen molar-refractivity contribution in [3.05, 3.63) is 70.7 Å². The zero-order valence-electron chi connectivity index (χ0n) is 19.6. The number of amides is 1. The van der Waals surface area contributed by atoms with Crippen LogP contribution in [0.5, 0.6) is 11.5 Å². The largest absolute Gasteiger partial charge is 0.495 e. The van der Waals surface area contributed by atoms with E-state index in [1.807, 2.05) is 31.2 Å².